The maximum atomic E-state index is 11.7. The smallest absolute Gasteiger partial charge is 0.324 e. The summed E-state index contributed by atoms with van der Waals surface area (Å²) in [6.07, 6.45) is 13.8. The minimum Gasteiger partial charge on any atom is -0.461 e. The van der Waals surface area contributed by atoms with Crippen molar-refractivity contribution in [1.82, 2.24) is 0 Å². The normalized spacial score (nSPS) is 25.7. The Morgan fingerprint density at radius 3 is 1.90 bits per heavy atom. The predicted molar refractivity (Wildman–Crippen MR) is 114 cm³/mol. The maximum absolute atomic E-state index is 11.7. The molecule has 180 valence electrons. The van der Waals surface area contributed by atoms with E-state index in [0.717, 1.165) is 32.1 Å². The summed E-state index contributed by atoms with van der Waals surface area (Å²) in [4.78, 5) is 34.5. The molecule has 0 spiro atoms. The summed E-state index contributed by atoms with van der Waals surface area (Å²) < 4.78 is 5.20. The van der Waals surface area contributed by atoms with Crippen LogP contribution in [0.2, 0.25) is 0 Å². The van der Waals surface area contributed by atoms with E-state index in [1.165, 1.54) is 51.9 Å². The molecule has 0 amide bonds. The first-order valence-electron chi connectivity index (χ1n) is 11.1. The van der Waals surface area contributed by atoms with Crippen molar-refractivity contribution < 1.29 is 45.7 Å². The summed E-state index contributed by atoms with van der Waals surface area (Å²) in [5, 5.41) is 0. The number of rotatable bonds is 9. The summed E-state index contributed by atoms with van der Waals surface area (Å²) in [7, 11) is 0. The molecule has 0 radical (unpaired) electrons. The summed E-state index contributed by atoms with van der Waals surface area (Å²) in [5.41, 5.74) is 11.3. The number of ketones is 2. The van der Waals surface area contributed by atoms with Gasteiger partial charge in [-0.05, 0) is 32.6 Å². The van der Waals surface area contributed by atoms with Gasteiger partial charge >= 0.3 is 5.97 Å². The second-order valence-corrected chi connectivity index (χ2v) is 8.30. The zero-order valence-corrected chi connectivity index (χ0v) is 20.9. The molecule has 30 heavy (non-hydrogen) atoms. The van der Waals surface area contributed by atoms with Crippen LogP contribution in [-0.4, -0.2) is 41.2 Å². The molecule has 1 saturated heterocycles. The molecular formula is C22H42N2O5Pt. The zero-order chi connectivity index (χ0) is 20.9. The maximum Gasteiger partial charge on any atom is 0.324 e. The van der Waals surface area contributed by atoms with E-state index in [1.54, 1.807) is 0 Å². The second-order valence-electron chi connectivity index (χ2n) is 8.30. The van der Waals surface area contributed by atoms with E-state index in [-0.39, 0.29) is 56.9 Å². The molecule has 6 N–H and O–H groups in total. The van der Waals surface area contributed by atoms with Crippen LogP contribution in [0.15, 0.2) is 0 Å². The van der Waals surface area contributed by atoms with Crippen molar-refractivity contribution in [3.05, 3.63) is 0 Å². The molecule has 1 aliphatic carbocycles. The van der Waals surface area contributed by atoms with Crippen LogP contribution >= 0.6 is 0 Å². The standard InChI is InChI=1S/C16H26O4.C6H14N2.H2O.Pt/c1-3-4-5-6-7-8-9-10-13-11-14(18)15(12(2)17)16(19)20-13;7-5-3-1-2-4-6(5)8;;/h13,15H,3-11H2,1-2H3;5-6H,1-4,7-8H2;1H2;/t;5-,6-;;/m.1../s1. The molecule has 4 atom stereocenters. The third-order valence-corrected chi connectivity index (χ3v) is 5.68. The fraction of sp³-hybridized carbons (Fsp3) is 0.864. The number of carbonyl (C=O) groups excluding carboxylic acids is 3. The van der Waals surface area contributed by atoms with Gasteiger partial charge in [-0.15, -0.1) is 0 Å². The summed E-state index contributed by atoms with van der Waals surface area (Å²) >= 11 is 0. The van der Waals surface area contributed by atoms with Crippen molar-refractivity contribution in [1.29, 1.82) is 0 Å². The summed E-state index contributed by atoms with van der Waals surface area (Å²) in [5.74, 6) is -2.50. The van der Waals surface area contributed by atoms with Gasteiger partial charge in [0.2, 0.25) is 0 Å². The molecule has 1 heterocycles. The van der Waals surface area contributed by atoms with Gasteiger partial charge in [0.15, 0.2) is 17.5 Å². The van der Waals surface area contributed by atoms with Gasteiger partial charge in [0.05, 0.1) is 0 Å². The van der Waals surface area contributed by atoms with E-state index in [1.807, 2.05) is 0 Å². The van der Waals surface area contributed by atoms with Crippen molar-refractivity contribution in [2.75, 3.05) is 0 Å². The molecule has 0 aromatic heterocycles. The van der Waals surface area contributed by atoms with Crippen molar-refractivity contribution >= 4 is 17.5 Å². The average molecular weight is 610 g/mol. The van der Waals surface area contributed by atoms with E-state index in [4.69, 9.17) is 16.2 Å². The number of cyclic esters (lactones) is 1. The summed E-state index contributed by atoms with van der Waals surface area (Å²) in [6.45, 7) is 3.46. The molecule has 7 nitrogen and oxygen atoms in total. The van der Waals surface area contributed by atoms with Gasteiger partial charge in [-0.2, -0.15) is 0 Å². The fourth-order valence-corrected chi connectivity index (χ4v) is 3.82. The van der Waals surface area contributed by atoms with E-state index >= 15 is 0 Å². The monoisotopic (exact) mass is 609 g/mol. The van der Waals surface area contributed by atoms with Crippen LogP contribution in [0.5, 0.6) is 0 Å². The van der Waals surface area contributed by atoms with Gasteiger partial charge < -0.3 is 21.7 Å². The Kier molecular flexibility index (Phi) is 18.9. The Bertz CT molecular complexity index is 476. The number of hydrogen-bond donors (Lipinski definition) is 2. The van der Waals surface area contributed by atoms with Gasteiger partial charge in [0.25, 0.3) is 0 Å². The van der Waals surface area contributed by atoms with Gasteiger partial charge in [0, 0.05) is 39.6 Å². The molecule has 2 rings (SSSR count). The van der Waals surface area contributed by atoms with Crippen molar-refractivity contribution in [2.24, 2.45) is 17.4 Å². The molecule has 0 bridgehead atoms. The first-order valence-corrected chi connectivity index (χ1v) is 11.1. The fourth-order valence-electron chi connectivity index (χ4n) is 3.82. The average Bonchev–Trinajstić information content (AvgIpc) is 2.63. The number of esters is 1. The van der Waals surface area contributed by atoms with Gasteiger partial charge in [-0.1, -0.05) is 58.3 Å². The Morgan fingerprint density at radius 2 is 1.47 bits per heavy atom. The van der Waals surface area contributed by atoms with Crippen LogP contribution < -0.4 is 11.5 Å². The van der Waals surface area contributed by atoms with Gasteiger partial charge in [-0.3, -0.25) is 14.4 Å². The molecule has 2 aliphatic rings. The van der Waals surface area contributed by atoms with E-state index in [0.29, 0.717) is 0 Å². The molecule has 0 aromatic carbocycles. The van der Waals surface area contributed by atoms with Crippen molar-refractivity contribution in [2.45, 2.75) is 116 Å². The van der Waals surface area contributed by atoms with E-state index in [2.05, 4.69) is 6.92 Å². The SMILES string of the molecule is CCCCCCCCCC1CC(=O)C(C(C)=O)C(=O)O1.N[C@@H]1CCCC[C@H]1N.O.[Pt]. The topological polar surface area (TPSA) is 144 Å². The Hall–Kier alpha value is -0.622. The molecule has 1 saturated carbocycles. The Balaban J connectivity index is 0. The molecule has 0 aromatic rings. The van der Waals surface area contributed by atoms with Crippen LogP contribution in [0.25, 0.3) is 0 Å². The van der Waals surface area contributed by atoms with E-state index in [9.17, 15) is 14.4 Å². The Morgan fingerprint density at radius 1 is 0.967 bits per heavy atom. The zero-order valence-electron chi connectivity index (χ0n) is 18.6. The third-order valence-electron chi connectivity index (χ3n) is 5.68. The van der Waals surface area contributed by atoms with Crippen LogP contribution in [0, 0.1) is 5.92 Å². The Labute approximate surface area is 196 Å². The number of Topliss-reactive ketones (excluding diaryl/α,β-unsaturated/α-hetero) is 2. The largest absolute Gasteiger partial charge is 0.461 e. The number of nitrogens with two attached hydrogens (primary N) is 2. The van der Waals surface area contributed by atoms with E-state index < -0.39 is 17.7 Å². The van der Waals surface area contributed by atoms with Crippen LogP contribution in [0.1, 0.15) is 97.3 Å². The number of carbonyl (C=O) groups is 3. The quantitative estimate of drug-likeness (QED) is 0.234. The summed E-state index contributed by atoms with van der Waals surface area (Å²) in [6, 6.07) is 0.562. The van der Waals surface area contributed by atoms with Crippen molar-refractivity contribution in [3.63, 3.8) is 0 Å². The van der Waals surface area contributed by atoms with Crippen molar-refractivity contribution in [3.8, 4) is 0 Å². The first-order chi connectivity index (χ1) is 13.4. The molecular weight excluding hydrogens is 567 g/mol. The molecule has 2 unspecified atom stereocenters. The second kappa shape index (κ2) is 18.0. The molecule has 2 fully saturated rings. The number of unbranched alkanes of at least 4 members (excludes halogenated alkanes) is 6. The predicted octanol–water partition coefficient (Wildman–Crippen LogP) is 2.60. The molecule has 8 heteroatoms. The van der Waals surface area contributed by atoms with Gasteiger partial charge in [-0.25, -0.2) is 0 Å². The van der Waals surface area contributed by atoms with Crippen LogP contribution in [0.3, 0.4) is 0 Å². The van der Waals surface area contributed by atoms with Crippen LogP contribution in [0.4, 0.5) is 0 Å². The molecule has 1 aliphatic heterocycles. The third kappa shape index (κ3) is 12.3. The first kappa shape index (κ1) is 31.6. The number of hydrogen-bond acceptors (Lipinski definition) is 6. The van der Waals surface area contributed by atoms with Crippen LogP contribution in [-0.2, 0) is 40.2 Å². The minimum absolute atomic E-state index is 0. The minimum atomic E-state index is -1.17. The number of ether oxygens (including phenoxy) is 1. The van der Waals surface area contributed by atoms with Gasteiger partial charge in [0.1, 0.15) is 6.10 Å².